The first kappa shape index (κ1) is 19.3. The van der Waals surface area contributed by atoms with E-state index in [2.05, 4.69) is 17.5 Å². The molecular formula is C24H26N2O4S. The summed E-state index contributed by atoms with van der Waals surface area (Å²) in [7, 11) is 0.0567. The molecule has 2 aliphatic carbocycles. The first-order valence-corrected chi connectivity index (χ1v) is 12.3. The molecule has 2 aliphatic heterocycles. The van der Waals surface area contributed by atoms with Crippen LogP contribution in [-0.4, -0.2) is 51.6 Å². The van der Waals surface area contributed by atoms with Crippen molar-refractivity contribution in [3.05, 3.63) is 65.2 Å². The number of benzene rings is 2. The van der Waals surface area contributed by atoms with Crippen molar-refractivity contribution < 1.29 is 17.9 Å². The Bertz CT molecular complexity index is 1190. The molecule has 2 aromatic rings. The van der Waals surface area contributed by atoms with E-state index >= 15 is 0 Å². The van der Waals surface area contributed by atoms with Gasteiger partial charge in [0.05, 0.1) is 23.5 Å². The molecule has 2 heterocycles. The summed E-state index contributed by atoms with van der Waals surface area (Å²) in [6.07, 6.45) is 4.39. The number of methoxy groups -OCH3 is 1. The molecule has 7 heteroatoms. The Morgan fingerprint density at radius 3 is 2.74 bits per heavy atom. The standard InChI is InChI=1S/C24H26N2O4S/c1-25-18-10-9-17-19-14-15-8-11-20(29-2)22-21(15)24(17,23(18)30-22)12-13-26(19)31(27,28)16-6-4-3-5-7-16/h3-9,11,18-19,23,25H,10,12-14H2,1-2H3/t18-,19-,23+,24+/m1/s1. The number of hydrogen-bond acceptors (Lipinski definition) is 5. The van der Waals surface area contributed by atoms with Crippen LogP contribution in [0.25, 0.3) is 0 Å². The lowest BCUT2D eigenvalue weighted by Crippen LogP contribution is -2.64. The SMILES string of the molecule is CN[C@@H]1CC=C2[C@H]3Cc4ccc(OC)c5c4[C@@]2(CCN3S(=O)(=O)c2ccccc2)[C@H]1O5. The first-order valence-electron chi connectivity index (χ1n) is 10.8. The first-order chi connectivity index (χ1) is 15.0. The molecule has 1 saturated heterocycles. The van der Waals surface area contributed by atoms with E-state index in [4.69, 9.17) is 9.47 Å². The second kappa shape index (κ2) is 6.58. The fourth-order valence-corrected chi connectivity index (χ4v) is 7.98. The lowest BCUT2D eigenvalue weighted by atomic mass is 9.56. The van der Waals surface area contributed by atoms with Crippen molar-refractivity contribution >= 4 is 10.0 Å². The van der Waals surface area contributed by atoms with E-state index in [-0.39, 0.29) is 23.6 Å². The fourth-order valence-electron chi connectivity index (χ4n) is 6.35. The van der Waals surface area contributed by atoms with Gasteiger partial charge >= 0.3 is 0 Å². The third kappa shape index (κ3) is 2.37. The zero-order valence-electron chi connectivity index (χ0n) is 17.7. The summed E-state index contributed by atoms with van der Waals surface area (Å²) in [5.74, 6) is 1.60. The molecule has 0 aromatic heterocycles. The van der Waals surface area contributed by atoms with Crippen LogP contribution in [0, 0.1) is 0 Å². The Kier molecular flexibility index (Phi) is 4.10. The van der Waals surface area contributed by atoms with Crippen LogP contribution in [0.1, 0.15) is 24.0 Å². The van der Waals surface area contributed by atoms with Gasteiger partial charge in [-0.3, -0.25) is 0 Å². The Balaban J connectivity index is 1.55. The molecule has 0 radical (unpaired) electrons. The molecular weight excluding hydrogens is 412 g/mol. The second-order valence-electron chi connectivity index (χ2n) is 8.83. The molecule has 162 valence electrons. The number of nitrogens with one attached hydrogen (secondary N) is 1. The number of piperidine rings is 1. The van der Waals surface area contributed by atoms with E-state index in [9.17, 15) is 8.42 Å². The molecule has 1 spiro atoms. The lowest BCUT2D eigenvalue weighted by Gasteiger charge is -2.54. The summed E-state index contributed by atoms with van der Waals surface area (Å²) in [5, 5.41) is 3.43. The number of ether oxygens (including phenoxy) is 2. The summed E-state index contributed by atoms with van der Waals surface area (Å²) in [4.78, 5) is 0.357. The average molecular weight is 439 g/mol. The highest BCUT2D eigenvalue weighted by Crippen LogP contribution is 2.62. The Hall–Kier alpha value is -2.35. The van der Waals surface area contributed by atoms with Crippen LogP contribution in [0.4, 0.5) is 0 Å². The van der Waals surface area contributed by atoms with E-state index in [0.29, 0.717) is 24.3 Å². The Morgan fingerprint density at radius 1 is 1.19 bits per heavy atom. The minimum absolute atomic E-state index is 0.0630. The van der Waals surface area contributed by atoms with E-state index in [1.54, 1.807) is 35.7 Å². The number of sulfonamides is 1. The topological polar surface area (TPSA) is 67.9 Å². The maximum Gasteiger partial charge on any atom is 0.243 e. The van der Waals surface area contributed by atoms with Crippen molar-refractivity contribution in [2.45, 2.75) is 47.8 Å². The zero-order chi connectivity index (χ0) is 21.4. The fraction of sp³-hybridized carbons (Fsp3) is 0.417. The summed E-state index contributed by atoms with van der Waals surface area (Å²) in [5.41, 5.74) is 3.30. The molecule has 2 bridgehead atoms. The molecule has 4 aliphatic rings. The van der Waals surface area contributed by atoms with Gasteiger partial charge in [0.2, 0.25) is 10.0 Å². The highest BCUT2D eigenvalue weighted by Gasteiger charge is 2.64. The van der Waals surface area contributed by atoms with Crippen molar-refractivity contribution in [3.63, 3.8) is 0 Å². The van der Waals surface area contributed by atoms with E-state index < -0.39 is 10.0 Å². The van der Waals surface area contributed by atoms with Crippen LogP contribution in [0.3, 0.4) is 0 Å². The molecule has 0 amide bonds. The summed E-state index contributed by atoms with van der Waals surface area (Å²) >= 11 is 0. The number of nitrogens with zero attached hydrogens (tertiary/aromatic N) is 1. The largest absolute Gasteiger partial charge is 0.493 e. The molecule has 2 aromatic carbocycles. The van der Waals surface area contributed by atoms with Crippen LogP contribution in [0.5, 0.6) is 11.5 Å². The Morgan fingerprint density at radius 2 is 2.00 bits per heavy atom. The minimum atomic E-state index is -3.59. The molecule has 0 unspecified atom stereocenters. The van der Waals surface area contributed by atoms with Gasteiger partial charge in [-0.1, -0.05) is 30.3 Å². The van der Waals surface area contributed by atoms with Gasteiger partial charge in [0.1, 0.15) is 6.10 Å². The second-order valence-corrected chi connectivity index (χ2v) is 10.7. The van der Waals surface area contributed by atoms with Crippen molar-refractivity contribution in [1.82, 2.24) is 9.62 Å². The smallest absolute Gasteiger partial charge is 0.243 e. The maximum absolute atomic E-state index is 13.6. The van der Waals surface area contributed by atoms with Crippen LogP contribution < -0.4 is 14.8 Å². The van der Waals surface area contributed by atoms with Gasteiger partial charge in [-0.15, -0.1) is 0 Å². The van der Waals surface area contributed by atoms with Gasteiger partial charge in [0.25, 0.3) is 0 Å². The zero-order valence-corrected chi connectivity index (χ0v) is 18.5. The molecule has 1 fully saturated rings. The highest BCUT2D eigenvalue weighted by molar-refractivity contribution is 7.89. The van der Waals surface area contributed by atoms with Gasteiger partial charge in [-0.25, -0.2) is 8.42 Å². The minimum Gasteiger partial charge on any atom is -0.493 e. The third-order valence-corrected chi connectivity index (χ3v) is 9.57. The van der Waals surface area contributed by atoms with Gasteiger partial charge in [0.15, 0.2) is 11.5 Å². The van der Waals surface area contributed by atoms with Crippen molar-refractivity contribution in [2.75, 3.05) is 20.7 Å². The van der Waals surface area contributed by atoms with Crippen LogP contribution in [0.2, 0.25) is 0 Å². The van der Waals surface area contributed by atoms with Crippen LogP contribution >= 0.6 is 0 Å². The summed E-state index contributed by atoms with van der Waals surface area (Å²) in [6.45, 7) is 0.478. The van der Waals surface area contributed by atoms with E-state index in [1.165, 1.54) is 16.7 Å². The van der Waals surface area contributed by atoms with Crippen LogP contribution in [-0.2, 0) is 21.9 Å². The monoisotopic (exact) mass is 438 g/mol. The summed E-state index contributed by atoms with van der Waals surface area (Å²) in [6, 6.07) is 12.8. The molecule has 31 heavy (non-hydrogen) atoms. The molecule has 0 saturated carbocycles. The highest BCUT2D eigenvalue weighted by atomic mass is 32.2. The average Bonchev–Trinajstić information content (AvgIpc) is 3.13. The predicted molar refractivity (Wildman–Crippen MR) is 117 cm³/mol. The van der Waals surface area contributed by atoms with E-state index in [1.807, 2.05) is 19.2 Å². The quantitative estimate of drug-likeness (QED) is 0.744. The Labute approximate surface area is 182 Å². The van der Waals surface area contributed by atoms with Gasteiger partial charge < -0.3 is 14.8 Å². The summed E-state index contributed by atoms with van der Waals surface area (Å²) < 4.78 is 41.2. The van der Waals surface area contributed by atoms with Gasteiger partial charge in [0, 0.05) is 18.2 Å². The van der Waals surface area contributed by atoms with Gasteiger partial charge in [-0.2, -0.15) is 4.31 Å². The van der Waals surface area contributed by atoms with Crippen molar-refractivity contribution in [2.24, 2.45) is 0 Å². The van der Waals surface area contributed by atoms with E-state index in [0.717, 1.165) is 17.9 Å². The normalized spacial score (nSPS) is 30.9. The van der Waals surface area contributed by atoms with Crippen LogP contribution in [0.15, 0.2) is 59.0 Å². The number of rotatable bonds is 4. The van der Waals surface area contributed by atoms with Crippen molar-refractivity contribution in [3.8, 4) is 11.5 Å². The molecule has 1 N–H and O–H groups in total. The molecule has 4 atom stereocenters. The van der Waals surface area contributed by atoms with Gasteiger partial charge in [-0.05, 0) is 55.6 Å². The van der Waals surface area contributed by atoms with Crippen molar-refractivity contribution in [1.29, 1.82) is 0 Å². The molecule has 6 nitrogen and oxygen atoms in total. The number of likely N-dealkylation sites (N-methyl/N-ethyl adjacent to an activating group) is 1. The molecule has 6 rings (SSSR count). The maximum atomic E-state index is 13.6. The predicted octanol–water partition coefficient (Wildman–Crippen LogP) is 2.63. The number of hydrogen-bond donors (Lipinski definition) is 1. The lowest BCUT2D eigenvalue weighted by molar-refractivity contribution is 0.0752. The third-order valence-electron chi connectivity index (χ3n) is 7.64.